The van der Waals surface area contributed by atoms with Crippen LogP contribution in [0.1, 0.15) is 26.3 Å². The zero-order valence-corrected chi connectivity index (χ0v) is 13.7. The Morgan fingerprint density at radius 3 is 2.67 bits per heavy atom. The molecule has 102 valence electrons. The normalized spacial score (nSPS) is 11.6. The van der Waals surface area contributed by atoms with Crippen LogP contribution in [-0.4, -0.2) is 23.7 Å². The molecule has 0 aliphatic carbocycles. The van der Waals surface area contributed by atoms with Crippen LogP contribution in [0.15, 0.2) is 22.7 Å². The highest BCUT2D eigenvalue weighted by Gasteiger charge is 2.10. The summed E-state index contributed by atoms with van der Waals surface area (Å²) in [5.74, 6) is 1.96. The van der Waals surface area contributed by atoms with Crippen LogP contribution in [0.3, 0.4) is 0 Å². The molecule has 0 aliphatic heterocycles. The molecule has 0 aromatic heterocycles. The number of thioether (sulfide) groups is 1. The summed E-state index contributed by atoms with van der Waals surface area (Å²) in [6.45, 7) is 8.04. The quantitative estimate of drug-likeness (QED) is 0.804. The molecule has 0 amide bonds. The molecule has 0 atom stereocenters. The molecule has 0 unspecified atom stereocenters. The smallest absolute Gasteiger partial charge is 0.122 e. The van der Waals surface area contributed by atoms with Gasteiger partial charge in [0.25, 0.3) is 0 Å². The molecule has 18 heavy (non-hydrogen) atoms. The second-order valence-electron chi connectivity index (χ2n) is 5.10. The Balaban J connectivity index is 2.51. The van der Waals surface area contributed by atoms with Gasteiger partial charge in [-0.3, -0.25) is 0 Å². The third-order valence-electron chi connectivity index (χ3n) is 2.31. The highest BCUT2D eigenvalue weighted by atomic mass is 79.9. The third kappa shape index (κ3) is 6.12. The predicted octanol–water partition coefficient (Wildman–Crippen LogP) is 3.86. The fourth-order valence-electron chi connectivity index (χ4n) is 1.54. The molecule has 0 spiro atoms. The molecular formula is C14H22BrNOS. The maximum Gasteiger partial charge on any atom is 0.122 e. The van der Waals surface area contributed by atoms with Crippen molar-refractivity contribution in [2.45, 2.75) is 31.9 Å². The van der Waals surface area contributed by atoms with E-state index in [9.17, 15) is 0 Å². The van der Waals surface area contributed by atoms with Crippen molar-refractivity contribution in [3.05, 3.63) is 28.2 Å². The van der Waals surface area contributed by atoms with Gasteiger partial charge in [0.15, 0.2) is 0 Å². The molecule has 1 rings (SSSR count). The minimum atomic E-state index is 0.295. The second-order valence-corrected chi connectivity index (χ2v) is 7.94. The van der Waals surface area contributed by atoms with Gasteiger partial charge in [-0.2, -0.15) is 11.8 Å². The Bertz CT molecular complexity index is 377. The summed E-state index contributed by atoms with van der Waals surface area (Å²) < 4.78 is 7.21. The summed E-state index contributed by atoms with van der Waals surface area (Å²) in [7, 11) is 0. The van der Waals surface area contributed by atoms with Gasteiger partial charge < -0.3 is 10.5 Å². The molecule has 1 aromatic rings. The van der Waals surface area contributed by atoms with Gasteiger partial charge in [0.2, 0.25) is 0 Å². The Kier molecular flexibility index (Phi) is 6.53. The second kappa shape index (κ2) is 7.41. The molecule has 0 saturated carbocycles. The molecule has 2 N–H and O–H groups in total. The van der Waals surface area contributed by atoms with Crippen molar-refractivity contribution in [1.29, 1.82) is 0 Å². The first-order valence-corrected chi connectivity index (χ1v) is 7.95. The zero-order valence-electron chi connectivity index (χ0n) is 11.3. The van der Waals surface area contributed by atoms with Crippen molar-refractivity contribution < 1.29 is 4.74 Å². The van der Waals surface area contributed by atoms with Crippen molar-refractivity contribution in [1.82, 2.24) is 0 Å². The lowest BCUT2D eigenvalue weighted by Gasteiger charge is -2.18. The summed E-state index contributed by atoms with van der Waals surface area (Å²) >= 11 is 5.39. The van der Waals surface area contributed by atoms with Gasteiger partial charge in [-0.1, -0.05) is 36.7 Å². The van der Waals surface area contributed by atoms with E-state index < -0.39 is 0 Å². The van der Waals surface area contributed by atoms with E-state index in [0.29, 0.717) is 11.3 Å². The molecule has 0 radical (unpaired) electrons. The predicted molar refractivity (Wildman–Crippen MR) is 84.6 cm³/mol. The topological polar surface area (TPSA) is 35.2 Å². The fraction of sp³-hybridized carbons (Fsp3) is 0.571. The van der Waals surface area contributed by atoms with Crippen LogP contribution in [0.4, 0.5) is 0 Å². The number of hydrogen-bond donors (Lipinski definition) is 1. The number of halogens is 1. The standard InChI is InChI=1S/C14H22BrNOS/c1-14(2,3)18-9-8-17-13-5-4-12(15)10-11(13)6-7-16/h4-5,10H,6-9,16H2,1-3H3. The summed E-state index contributed by atoms with van der Waals surface area (Å²) in [5.41, 5.74) is 6.79. The van der Waals surface area contributed by atoms with Crippen molar-refractivity contribution in [2.24, 2.45) is 5.73 Å². The maximum absolute atomic E-state index is 5.84. The SMILES string of the molecule is CC(C)(C)SCCOc1ccc(Br)cc1CCN. The van der Waals surface area contributed by atoms with Crippen LogP contribution in [0.5, 0.6) is 5.75 Å². The van der Waals surface area contributed by atoms with E-state index in [2.05, 4.69) is 42.8 Å². The Morgan fingerprint density at radius 1 is 1.33 bits per heavy atom. The highest BCUT2D eigenvalue weighted by molar-refractivity contribution is 9.10. The first-order valence-electron chi connectivity index (χ1n) is 6.17. The van der Waals surface area contributed by atoms with Crippen LogP contribution < -0.4 is 10.5 Å². The number of ether oxygens (including phenoxy) is 1. The molecule has 0 fully saturated rings. The lowest BCUT2D eigenvalue weighted by atomic mass is 10.1. The first-order chi connectivity index (χ1) is 8.42. The van der Waals surface area contributed by atoms with E-state index in [1.807, 2.05) is 23.9 Å². The maximum atomic E-state index is 5.84. The van der Waals surface area contributed by atoms with Gasteiger partial charge in [-0.25, -0.2) is 0 Å². The Hall–Kier alpha value is -0.190. The fourth-order valence-corrected chi connectivity index (χ4v) is 2.73. The number of hydrogen-bond acceptors (Lipinski definition) is 3. The minimum absolute atomic E-state index is 0.295. The molecule has 4 heteroatoms. The van der Waals surface area contributed by atoms with Crippen LogP contribution in [0, 0.1) is 0 Å². The van der Waals surface area contributed by atoms with E-state index in [1.165, 1.54) is 5.56 Å². The number of nitrogens with two attached hydrogens (primary N) is 1. The number of benzene rings is 1. The van der Waals surface area contributed by atoms with Gasteiger partial charge in [0, 0.05) is 15.0 Å². The van der Waals surface area contributed by atoms with Gasteiger partial charge in [-0.15, -0.1) is 0 Å². The summed E-state index contributed by atoms with van der Waals surface area (Å²) in [6.07, 6.45) is 0.848. The van der Waals surface area contributed by atoms with Crippen molar-refractivity contribution in [3.63, 3.8) is 0 Å². The lowest BCUT2D eigenvalue weighted by molar-refractivity contribution is 0.340. The van der Waals surface area contributed by atoms with Crippen molar-refractivity contribution in [2.75, 3.05) is 18.9 Å². The summed E-state index contributed by atoms with van der Waals surface area (Å²) in [6, 6.07) is 6.10. The van der Waals surface area contributed by atoms with Crippen molar-refractivity contribution >= 4 is 27.7 Å². The van der Waals surface area contributed by atoms with Crippen LogP contribution in [0.25, 0.3) is 0 Å². The molecule has 0 bridgehead atoms. The van der Waals surface area contributed by atoms with Crippen LogP contribution >= 0.6 is 27.7 Å². The molecular weight excluding hydrogens is 310 g/mol. The largest absolute Gasteiger partial charge is 0.492 e. The monoisotopic (exact) mass is 331 g/mol. The van der Waals surface area contributed by atoms with E-state index in [1.54, 1.807) is 0 Å². The van der Waals surface area contributed by atoms with Crippen LogP contribution in [0.2, 0.25) is 0 Å². The van der Waals surface area contributed by atoms with Crippen LogP contribution in [-0.2, 0) is 6.42 Å². The van der Waals surface area contributed by atoms with E-state index in [4.69, 9.17) is 10.5 Å². The van der Waals surface area contributed by atoms with Gasteiger partial charge in [-0.05, 0) is 36.7 Å². The molecule has 0 aliphatic rings. The zero-order chi connectivity index (χ0) is 13.6. The Labute approximate surface area is 123 Å². The Morgan fingerprint density at radius 2 is 2.06 bits per heavy atom. The molecule has 0 saturated heterocycles. The summed E-state index contributed by atoms with van der Waals surface area (Å²) in [4.78, 5) is 0. The third-order valence-corrected chi connectivity index (χ3v) is 4.04. The molecule has 1 aromatic carbocycles. The molecule has 2 nitrogen and oxygen atoms in total. The summed E-state index contributed by atoms with van der Waals surface area (Å²) in [5, 5.41) is 0. The number of rotatable bonds is 6. The van der Waals surface area contributed by atoms with Crippen molar-refractivity contribution in [3.8, 4) is 5.75 Å². The minimum Gasteiger partial charge on any atom is -0.492 e. The van der Waals surface area contributed by atoms with E-state index in [-0.39, 0.29) is 0 Å². The van der Waals surface area contributed by atoms with E-state index >= 15 is 0 Å². The lowest BCUT2D eigenvalue weighted by Crippen LogP contribution is -2.12. The van der Waals surface area contributed by atoms with Gasteiger partial charge >= 0.3 is 0 Å². The average molecular weight is 332 g/mol. The highest BCUT2D eigenvalue weighted by Crippen LogP contribution is 2.25. The average Bonchev–Trinajstić information content (AvgIpc) is 2.26. The molecule has 0 heterocycles. The van der Waals surface area contributed by atoms with Gasteiger partial charge in [0.05, 0.1) is 6.61 Å². The van der Waals surface area contributed by atoms with E-state index in [0.717, 1.165) is 29.0 Å². The van der Waals surface area contributed by atoms with Gasteiger partial charge in [0.1, 0.15) is 5.75 Å². The first kappa shape index (κ1) is 15.9.